The molecule has 2 aromatic heterocycles. The molecule has 0 radical (unpaired) electrons. The SMILES string of the molecule is Cc1nc(-c2cnn(C(C)c3ccc(C(F)(F)F)cc3)c2C)cc(=O)[nH]1. The van der Waals surface area contributed by atoms with E-state index in [1.165, 1.54) is 18.2 Å². The monoisotopic (exact) mass is 362 g/mol. The number of hydrogen-bond donors (Lipinski definition) is 1. The molecule has 0 aliphatic carbocycles. The number of aryl methyl sites for hydroxylation is 1. The van der Waals surface area contributed by atoms with E-state index < -0.39 is 11.7 Å². The van der Waals surface area contributed by atoms with E-state index in [0.717, 1.165) is 17.8 Å². The van der Waals surface area contributed by atoms with Gasteiger partial charge in [-0.25, -0.2) is 4.98 Å². The van der Waals surface area contributed by atoms with Gasteiger partial charge in [-0.3, -0.25) is 9.48 Å². The van der Waals surface area contributed by atoms with Gasteiger partial charge in [0.15, 0.2) is 0 Å². The fourth-order valence-corrected chi connectivity index (χ4v) is 2.87. The first kappa shape index (κ1) is 17.9. The maximum atomic E-state index is 12.7. The van der Waals surface area contributed by atoms with Crippen LogP contribution in [0.3, 0.4) is 0 Å². The zero-order valence-electron chi connectivity index (χ0n) is 14.4. The molecule has 0 saturated heterocycles. The summed E-state index contributed by atoms with van der Waals surface area (Å²) in [4.78, 5) is 18.6. The number of rotatable bonds is 3. The summed E-state index contributed by atoms with van der Waals surface area (Å²) in [7, 11) is 0. The average Bonchev–Trinajstić information content (AvgIpc) is 2.94. The molecule has 8 heteroatoms. The van der Waals surface area contributed by atoms with Gasteiger partial charge in [0.1, 0.15) is 5.82 Å². The highest BCUT2D eigenvalue weighted by atomic mass is 19.4. The first-order valence-electron chi connectivity index (χ1n) is 7.96. The second-order valence-electron chi connectivity index (χ2n) is 6.10. The topological polar surface area (TPSA) is 63.6 Å². The van der Waals surface area contributed by atoms with Crippen LogP contribution in [0.15, 0.2) is 41.3 Å². The summed E-state index contributed by atoms with van der Waals surface area (Å²) in [5.41, 5.74) is 1.75. The third-order valence-corrected chi connectivity index (χ3v) is 4.27. The number of aromatic nitrogens is 4. The van der Waals surface area contributed by atoms with Crippen LogP contribution >= 0.6 is 0 Å². The lowest BCUT2D eigenvalue weighted by atomic mass is 10.1. The van der Waals surface area contributed by atoms with Crippen molar-refractivity contribution in [3.63, 3.8) is 0 Å². The quantitative estimate of drug-likeness (QED) is 0.769. The van der Waals surface area contributed by atoms with Crippen LogP contribution in [0, 0.1) is 13.8 Å². The van der Waals surface area contributed by atoms with E-state index in [1.807, 2.05) is 13.8 Å². The summed E-state index contributed by atoms with van der Waals surface area (Å²) in [6, 6.07) is 6.15. The molecule has 0 spiro atoms. The molecule has 136 valence electrons. The highest BCUT2D eigenvalue weighted by molar-refractivity contribution is 5.60. The van der Waals surface area contributed by atoms with Crippen molar-refractivity contribution >= 4 is 0 Å². The lowest BCUT2D eigenvalue weighted by Gasteiger charge is -2.16. The van der Waals surface area contributed by atoms with Crippen LogP contribution in [-0.2, 0) is 6.18 Å². The first-order valence-corrected chi connectivity index (χ1v) is 7.96. The molecule has 0 aliphatic rings. The number of alkyl halides is 3. The van der Waals surface area contributed by atoms with E-state index in [0.29, 0.717) is 22.6 Å². The van der Waals surface area contributed by atoms with E-state index in [2.05, 4.69) is 15.1 Å². The van der Waals surface area contributed by atoms with Crippen molar-refractivity contribution in [1.82, 2.24) is 19.7 Å². The molecule has 1 aromatic carbocycles. The third kappa shape index (κ3) is 3.40. The number of aromatic amines is 1. The van der Waals surface area contributed by atoms with Crippen molar-refractivity contribution in [2.45, 2.75) is 33.0 Å². The molecule has 0 amide bonds. The van der Waals surface area contributed by atoms with Crippen LogP contribution in [0.2, 0.25) is 0 Å². The van der Waals surface area contributed by atoms with Crippen molar-refractivity contribution in [3.8, 4) is 11.3 Å². The predicted molar refractivity (Wildman–Crippen MR) is 90.8 cm³/mol. The fourth-order valence-electron chi connectivity index (χ4n) is 2.87. The fraction of sp³-hybridized carbons (Fsp3) is 0.278. The molecule has 1 N–H and O–H groups in total. The normalized spacial score (nSPS) is 13.0. The second kappa shape index (κ2) is 6.44. The largest absolute Gasteiger partial charge is 0.416 e. The molecule has 26 heavy (non-hydrogen) atoms. The van der Waals surface area contributed by atoms with Crippen LogP contribution < -0.4 is 5.56 Å². The Hall–Kier alpha value is -2.90. The Kier molecular flexibility index (Phi) is 4.43. The number of benzene rings is 1. The van der Waals surface area contributed by atoms with Gasteiger partial charge in [-0.05, 0) is 38.5 Å². The maximum absolute atomic E-state index is 12.7. The number of nitrogens with one attached hydrogen (secondary N) is 1. The molecular formula is C18H17F3N4O. The van der Waals surface area contributed by atoms with Gasteiger partial charge in [-0.1, -0.05) is 12.1 Å². The summed E-state index contributed by atoms with van der Waals surface area (Å²) >= 11 is 0. The minimum absolute atomic E-state index is 0.254. The van der Waals surface area contributed by atoms with Gasteiger partial charge in [0.25, 0.3) is 5.56 Å². The molecule has 2 heterocycles. The van der Waals surface area contributed by atoms with E-state index in [9.17, 15) is 18.0 Å². The third-order valence-electron chi connectivity index (χ3n) is 4.27. The van der Waals surface area contributed by atoms with Gasteiger partial charge in [-0.15, -0.1) is 0 Å². The smallest absolute Gasteiger partial charge is 0.311 e. The lowest BCUT2D eigenvalue weighted by molar-refractivity contribution is -0.137. The molecule has 0 fully saturated rings. The van der Waals surface area contributed by atoms with Crippen LogP contribution in [0.1, 0.15) is 35.6 Å². The van der Waals surface area contributed by atoms with Crippen molar-refractivity contribution in [2.75, 3.05) is 0 Å². The maximum Gasteiger partial charge on any atom is 0.416 e. The van der Waals surface area contributed by atoms with Crippen LogP contribution in [-0.4, -0.2) is 19.7 Å². The zero-order valence-corrected chi connectivity index (χ0v) is 14.4. The summed E-state index contributed by atoms with van der Waals surface area (Å²) < 4.78 is 39.8. The van der Waals surface area contributed by atoms with Gasteiger partial charge >= 0.3 is 6.18 Å². The average molecular weight is 362 g/mol. The van der Waals surface area contributed by atoms with E-state index in [4.69, 9.17) is 0 Å². The summed E-state index contributed by atoms with van der Waals surface area (Å²) in [5.74, 6) is 0.496. The Morgan fingerprint density at radius 2 is 1.81 bits per heavy atom. The number of H-pyrrole nitrogens is 1. The van der Waals surface area contributed by atoms with Gasteiger partial charge in [-0.2, -0.15) is 18.3 Å². The van der Waals surface area contributed by atoms with Gasteiger partial charge < -0.3 is 4.98 Å². The van der Waals surface area contributed by atoms with Gasteiger partial charge in [0.05, 0.1) is 23.5 Å². The lowest BCUT2D eigenvalue weighted by Crippen LogP contribution is -2.12. The number of hydrogen-bond acceptors (Lipinski definition) is 3. The van der Waals surface area contributed by atoms with E-state index in [1.54, 1.807) is 17.8 Å². The summed E-state index contributed by atoms with van der Waals surface area (Å²) in [6.45, 7) is 5.37. The highest BCUT2D eigenvalue weighted by Crippen LogP contribution is 2.31. The number of nitrogens with zero attached hydrogens (tertiary/aromatic N) is 3. The predicted octanol–water partition coefficient (Wildman–Crippen LogP) is 3.88. The van der Waals surface area contributed by atoms with Crippen molar-refractivity contribution < 1.29 is 13.2 Å². The number of halogens is 3. The second-order valence-corrected chi connectivity index (χ2v) is 6.10. The molecule has 0 saturated carbocycles. The van der Waals surface area contributed by atoms with Crippen LogP contribution in [0.5, 0.6) is 0 Å². The minimum Gasteiger partial charge on any atom is -0.311 e. The molecule has 0 aliphatic heterocycles. The highest BCUT2D eigenvalue weighted by Gasteiger charge is 2.30. The summed E-state index contributed by atoms with van der Waals surface area (Å²) in [5, 5.41) is 4.34. The van der Waals surface area contributed by atoms with Crippen molar-refractivity contribution in [1.29, 1.82) is 0 Å². The molecular weight excluding hydrogens is 345 g/mol. The van der Waals surface area contributed by atoms with Crippen molar-refractivity contribution in [2.24, 2.45) is 0 Å². The Balaban J connectivity index is 1.95. The van der Waals surface area contributed by atoms with E-state index in [-0.39, 0.29) is 11.6 Å². The molecule has 1 unspecified atom stereocenters. The molecule has 3 rings (SSSR count). The Morgan fingerprint density at radius 3 is 2.38 bits per heavy atom. The van der Waals surface area contributed by atoms with Crippen molar-refractivity contribution in [3.05, 3.63) is 69.5 Å². The Labute approximate surface area is 147 Å². The van der Waals surface area contributed by atoms with Gasteiger partial charge in [0, 0.05) is 17.3 Å². The van der Waals surface area contributed by atoms with Crippen LogP contribution in [0.4, 0.5) is 13.2 Å². The summed E-state index contributed by atoms with van der Waals surface area (Å²) in [6.07, 6.45) is -2.75. The van der Waals surface area contributed by atoms with Crippen LogP contribution in [0.25, 0.3) is 11.3 Å². The molecule has 0 bridgehead atoms. The zero-order chi connectivity index (χ0) is 19.1. The van der Waals surface area contributed by atoms with Gasteiger partial charge in [0.2, 0.25) is 0 Å². The molecule has 5 nitrogen and oxygen atoms in total. The minimum atomic E-state index is -4.36. The standard InChI is InChI=1S/C18H17F3N4O/c1-10(13-4-6-14(7-5-13)18(19,20)21)25-11(2)15(9-22-25)16-8-17(26)24-12(3)23-16/h4-10H,1-3H3,(H,23,24,26). The molecule has 1 atom stereocenters. The first-order chi connectivity index (χ1) is 12.2. The Morgan fingerprint density at radius 1 is 1.15 bits per heavy atom. The Bertz CT molecular complexity index is 987. The van der Waals surface area contributed by atoms with E-state index >= 15 is 0 Å². The molecule has 3 aromatic rings.